The van der Waals surface area contributed by atoms with Crippen molar-refractivity contribution >= 4 is 15.9 Å². The molecule has 2 aliphatic rings. The Morgan fingerprint density at radius 2 is 1.67 bits per heavy atom. The minimum atomic E-state index is -3.11. The Kier molecular flexibility index (Phi) is 6.05. The van der Waals surface area contributed by atoms with Crippen LogP contribution in [-0.4, -0.2) is 55.5 Å². The van der Waals surface area contributed by atoms with Crippen LogP contribution in [0.4, 0.5) is 0 Å². The maximum absolute atomic E-state index is 12.4. The second-order valence-electron chi connectivity index (χ2n) is 6.23. The number of unbranched alkanes of at least 4 members (excludes halogenated alkanes) is 1. The number of rotatable bonds is 5. The van der Waals surface area contributed by atoms with Gasteiger partial charge in [0.25, 0.3) is 0 Å². The van der Waals surface area contributed by atoms with Crippen molar-refractivity contribution in [1.29, 1.82) is 0 Å². The number of sulfonamides is 1. The molecule has 0 bridgehead atoms. The van der Waals surface area contributed by atoms with Crippen molar-refractivity contribution in [3.63, 3.8) is 0 Å². The highest BCUT2D eigenvalue weighted by atomic mass is 32.2. The molecule has 0 saturated carbocycles. The summed E-state index contributed by atoms with van der Waals surface area (Å²) in [5, 5.41) is 0. The van der Waals surface area contributed by atoms with E-state index in [4.69, 9.17) is 0 Å². The van der Waals surface area contributed by atoms with Crippen LogP contribution in [0.15, 0.2) is 0 Å². The molecule has 0 radical (unpaired) electrons. The molecule has 0 unspecified atom stereocenters. The van der Waals surface area contributed by atoms with Crippen molar-refractivity contribution in [2.45, 2.75) is 51.9 Å². The number of piperidine rings is 2. The molecule has 1 amide bonds. The lowest BCUT2D eigenvalue weighted by Gasteiger charge is -2.35. The fourth-order valence-electron chi connectivity index (χ4n) is 3.21. The lowest BCUT2D eigenvalue weighted by atomic mass is 9.95. The summed E-state index contributed by atoms with van der Waals surface area (Å²) < 4.78 is 25.9. The van der Waals surface area contributed by atoms with E-state index in [1.54, 1.807) is 4.31 Å². The van der Waals surface area contributed by atoms with Gasteiger partial charge in [-0.1, -0.05) is 13.3 Å². The second-order valence-corrected chi connectivity index (χ2v) is 8.32. The van der Waals surface area contributed by atoms with Crippen LogP contribution in [0.25, 0.3) is 0 Å². The molecule has 0 N–H and O–H groups in total. The van der Waals surface area contributed by atoms with Gasteiger partial charge in [-0.2, -0.15) is 0 Å². The van der Waals surface area contributed by atoms with E-state index in [1.165, 1.54) is 6.42 Å². The number of nitrogens with zero attached hydrogens (tertiary/aromatic N) is 2. The van der Waals surface area contributed by atoms with E-state index in [0.717, 1.165) is 38.8 Å². The van der Waals surface area contributed by atoms with Crippen molar-refractivity contribution in [3.05, 3.63) is 0 Å². The van der Waals surface area contributed by atoms with Gasteiger partial charge in [0.15, 0.2) is 0 Å². The molecular formula is C15H28N2O3S. The minimum Gasteiger partial charge on any atom is -0.342 e. The average molecular weight is 316 g/mol. The van der Waals surface area contributed by atoms with Crippen LogP contribution >= 0.6 is 0 Å². The average Bonchev–Trinajstić information content (AvgIpc) is 2.53. The molecular weight excluding hydrogens is 288 g/mol. The Morgan fingerprint density at radius 1 is 1.05 bits per heavy atom. The Balaban J connectivity index is 1.83. The molecule has 2 fully saturated rings. The highest BCUT2D eigenvalue weighted by molar-refractivity contribution is 7.89. The zero-order valence-corrected chi connectivity index (χ0v) is 13.9. The summed E-state index contributed by atoms with van der Waals surface area (Å²) in [6, 6.07) is 0. The Labute approximate surface area is 128 Å². The monoisotopic (exact) mass is 316 g/mol. The fourth-order valence-corrected chi connectivity index (χ4v) is 4.89. The maximum Gasteiger partial charge on any atom is 0.225 e. The largest absolute Gasteiger partial charge is 0.342 e. The van der Waals surface area contributed by atoms with Gasteiger partial charge in [-0.05, 0) is 38.5 Å². The minimum absolute atomic E-state index is 0.0284. The van der Waals surface area contributed by atoms with Gasteiger partial charge in [-0.25, -0.2) is 12.7 Å². The lowest BCUT2D eigenvalue weighted by Crippen LogP contribution is -2.46. The summed E-state index contributed by atoms with van der Waals surface area (Å²) in [5.41, 5.74) is 0. The highest BCUT2D eigenvalue weighted by Gasteiger charge is 2.32. The SMILES string of the molecule is CCCCS(=O)(=O)N1CCC(C(=O)N2CCCCC2)CC1. The van der Waals surface area contributed by atoms with Gasteiger partial charge >= 0.3 is 0 Å². The van der Waals surface area contributed by atoms with Crippen LogP contribution in [0, 0.1) is 5.92 Å². The van der Waals surface area contributed by atoms with E-state index >= 15 is 0 Å². The van der Waals surface area contributed by atoms with E-state index in [-0.39, 0.29) is 17.6 Å². The molecule has 21 heavy (non-hydrogen) atoms. The third-order valence-corrected chi connectivity index (χ3v) is 6.58. The Morgan fingerprint density at radius 3 is 2.24 bits per heavy atom. The van der Waals surface area contributed by atoms with Crippen molar-refractivity contribution < 1.29 is 13.2 Å². The summed E-state index contributed by atoms with van der Waals surface area (Å²) in [4.78, 5) is 14.4. The van der Waals surface area contributed by atoms with Crippen LogP contribution in [0.3, 0.4) is 0 Å². The Bertz CT molecular complexity index is 436. The van der Waals surface area contributed by atoms with Gasteiger partial charge in [0.1, 0.15) is 0 Å². The second kappa shape index (κ2) is 7.58. The van der Waals surface area contributed by atoms with E-state index in [9.17, 15) is 13.2 Å². The van der Waals surface area contributed by atoms with Crippen LogP contribution in [0.1, 0.15) is 51.9 Å². The maximum atomic E-state index is 12.4. The van der Waals surface area contributed by atoms with Gasteiger partial charge < -0.3 is 4.90 Å². The number of carbonyl (C=O) groups excluding carboxylic acids is 1. The third kappa shape index (κ3) is 4.42. The molecule has 0 spiro atoms. The summed E-state index contributed by atoms with van der Waals surface area (Å²) in [6.07, 6.45) is 6.41. The van der Waals surface area contributed by atoms with E-state index in [2.05, 4.69) is 0 Å². The van der Waals surface area contributed by atoms with Crippen molar-refractivity contribution in [2.75, 3.05) is 31.9 Å². The van der Waals surface area contributed by atoms with E-state index < -0.39 is 10.0 Å². The van der Waals surface area contributed by atoms with Crippen LogP contribution < -0.4 is 0 Å². The molecule has 5 nitrogen and oxygen atoms in total. The fraction of sp³-hybridized carbons (Fsp3) is 0.933. The smallest absolute Gasteiger partial charge is 0.225 e. The molecule has 122 valence electrons. The standard InChI is InChI=1S/C15H28N2O3S/c1-2-3-13-21(19,20)17-11-7-14(8-12-17)15(18)16-9-5-4-6-10-16/h14H,2-13H2,1H3. The van der Waals surface area contributed by atoms with E-state index in [1.807, 2.05) is 11.8 Å². The van der Waals surface area contributed by atoms with Crippen molar-refractivity contribution in [1.82, 2.24) is 9.21 Å². The topological polar surface area (TPSA) is 57.7 Å². The molecule has 6 heteroatoms. The van der Waals surface area contributed by atoms with Crippen molar-refractivity contribution in [2.24, 2.45) is 5.92 Å². The summed E-state index contributed by atoms with van der Waals surface area (Å²) >= 11 is 0. The normalized spacial score (nSPS) is 22.4. The van der Waals surface area contributed by atoms with Gasteiger partial charge in [0.05, 0.1) is 5.75 Å². The van der Waals surface area contributed by atoms with Crippen LogP contribution in [0.5, 0.6) is 0 Å². The molecule has 2 rings (SSSR count). The van der Waals surface area contributed by atoms with Gasteiger partial charge in [0, 0.05) is 32.1 Å². The summed E-state index contributed by atoms with van der Waals surface area (Å²) in [6.45, 7) is 4.79. The highest BCUT2D eigenvalue weighted by Crippen LogP contribution is 2.23. The van der Waals surface area contributed by atoms with Crippen molar-refractivity contribution in [3.8, 4) is 0 Å². The third-order valence-electron chi connectivity index (χ3n) is 4.62. The number of carbonyl (C=O) groups is 1. The van der Waals surface area contributed by atoms with Gasteiger partial charge in [-0.3, -0.25) is 4.79 Å². The molecule has 2 saturated heterocycles. The van der Waals surface area contributed by atoms with Gasteiger partial charge in [-0.15, -0.1) is 0 Å². The number of hydrogen-bond donors (Lipinski definition) is 0. The van der Waals surface area contributed by atoms with E-state index in [0.29, 0.717) is 25.9 Å². The predicted molar refractivity (Wildman–Crippen MR) is 83.4 cm³/mol. The molecule has 2 aliphatic heterocycles. The predicted octanol–water partition coefficient (Wildman–Crippen LogP) is 1.84. The number of amides is 1. The molecule has 0 aliphatic carbocycles. The molecule has 0 aromatic rings. The number of hydrogen-bond acceptors (Lipinski definition) is 3. The summed E-state index contributed by atoms with van der Waals surface area (Å²) in [7, 11) is -3.11. The molecule has 2 heterocycles. The first-order valence-electron chi connectivity index (χ1n) is 8.31. The first-order chi connectivity index (χ1) is 10.0. The molecule has 0 aromatic heterocycles. The summed E-state index contributed by atoms with van der Waals surface area (Å²) in [5.74, 6) is 0.523. The van der Waals surface area contributed by atoms with Crippen LogP contribution in [0.2, 0.25) is 0 Å². The first kappa shape index (κ1) is 16.7. The lowest BCUT2D eigenvalue weighted by molar-refractivity contribution is -0.137. The number of likely N-dealkylation sites (tertiary alicyclic amines) is 1. The molecule has 0 aromatic carbocycles. The van der Waals surface area contributed by atoms with Gasteiger partial charge in [0.2, 0.25) is 15.9 Å². The van der Waals surface area contributed by atoms with Crippen LogP contribution in [-0.2, 0) is 14.8 Å². The first-order valence-corrected chi connectivity index (χ1v) is 9.92. The zero-order valence-electron chi connectivity index (χ0n) is 13.1. The quantitative estimate of drug-likeness (QED) is 0.777. The molecule has 0 atom stereocenters. The Hall–Kier alpha value is -0.620. The zero-order chi connectivity index (χ0) is 15.3.